The van der Waals surface area contributed by atoms with Crippen LogP contribution in [0, 0.1) is 5.92 Å². The molecule has 26 heavy (non-hydrogen) atoms. The van der Waals surface area contributed by atoms with E-state index >= 15 is 0 Å². The highest BCUT2D eigenvalue weighted by Gasteiger charge is 2.24. The van der Waals surface area contributed by atoms with Crippen LogP contribution in [0.25, 0.3) is 0 Å². The van der Waals surface area contributed by atoms with E-state index in [1.54, 1.807) is 11.3 Å². The lowest BCUT2D eigenvalue weighted by molar-refractivity contribution is 0.460. The summed E-state index contributed by atoms with van der Waals surface area (Å²) in [7, 11) is 1.88. The lowest BCUT2D eigenvalue weighted by Crippen LogP contribution is -2.41. The van der Waals surface area contributed by atoms with Crippen molar-refractivity contribution >= 4 is 17.3 Å². The Hall–Kier alpha value is -1.88. The predicted octanol–water partition coefficient (Wildman–Crippen LogP) is 3.95. The fourth-order valence-electron chi connectivity index (χ4n) is 3.48. The molecule has 1 atom stereocenters. The molecule has 0 aliphatic carbocycles. The molecule has 1 aliphatic heterocycles. The van der Waals surface area contributed by atoms with Gasteiger partial charge in [-0.25, -0.2) is 4.98 Å². The number of nitrogens with zero attached hydrogens (tertiary/aromatic N) is 3. The van der Waals surface area contributed by atoms with Crippen molar-refractivity contribution in [3.8, 4) is 0 Å². The van der Waals surface area contributed by atoms with E-state index in [0.29, 0.717) is 11.8 Å². The Morgan fingerprint density at radius 3 is 2.85 bits per heavy atom. The van der Waals surface area contributed by atoms with Crippen LogP contribution in [-0.2, 0) is 12.8 Å². The molecule has 1 aromatic heterocycles. The second kappa shape index (κ2) is 9.17. The molecule has 0 bridgehead atoms. The Labute approximate surface area is 161 Å². The van der Waals surface area contributed by atoms with Crippen molar-refractivity contribution in [1.29, 1.82) is 0 Å². The number of hydrogen-bond acceptors (Lipinski definition) is 3. The van der Waals surface area contributed by atoms with Gasteiger partial charge in [-0.1, -0.05) is 44.2 Å². The van der Waals surface area contributed by atoms with Crippen LogP contribution in [0.5, 0.6) is 0 Å². The van der Waals surface area contributed by atoms with Gasteiger partial charge < -0.3 is 10.2 Å². The molecule has 2 aromatic rings. The van der Waals surface area contributed by atoms with Gasteiger partial charge >= 0.3 is 0 Å². The van der Waals surface area contributed by atoms with Gasteiger partial charge in [0.1, 0.15) is 0 Å². The number of hydrogen-bond donors (Lipinski definition) is 1. The number of aliphatic imine (C=N–C) groups is 1. The summed E-state index contributed by atoms with van der Waals surface area (Å²) in [6.07, 6.45) is 3.34. The number of likely N-dealkylation sites (tertiary alicyclic amines) is 1. The maximum Gasteiger partial charge on any atom is 0.193 e. The van der Waals surface area contributed by atoms with Gasteiger partial charge in [0.25, 0.3) is 0 Å². The van der Waals surface area contributed by atoms with Crippen molar-refractivity contribution < 1.29 is 0 Å². The highest BCUT2D eigenvalue weighted by molar-refractivity contribution is 7.09. The van der Waals surface area contributed by atoms with E-state index in [9.17, 15) is 0 Å². The molecular formula is C21H30N4S. The lowest BCUT2D eigenvalue weighted by Gasteiger charge is -2.21. The first-order valence-corrected chi connectivity index (χ1v) is 10.5. The van der Waals surface area contributed by atoms with E-state index in [4.69, 9.17) is 4.98 Å². The molecule has 140 valence electrons. The van der Waals surface area contributed by atoms with Gasteiger partial charge in [-0.15, -0.1) is 11.3 Å². The van der Waals surface area contributed by atoms with Crippen LogP contribution in [0.2, 0.25) is 0 Å². The molecule has 4 nitrogen and oxygen atoms in total. The molecule has 2 heterocycles. The third-order valence-electron chi connectivity index (χ3n) is 4.89. The van der Waals surface area contributed by atoms with Crippen LogP contribution in [0.1, 0.15) is 42.5 Å². The number of guanidine groups is 1. The van der Waals surface area contributed by atoms with E-state index in [1.807, 2.05) is 7.05 Å². The van der Waals surface area contributed by atoms with Gasteiger partial charge in [0.2, 0.25) is 0 Å². The monoisotopic (exact) mass is 370 g/mol. The third kappa shape index (κ3) is 5.07. The fourth-order valence-corrected chi connectivity index (χ4v) is 4.35. The highest BCUT2D eigenvalue weighted by Crippen LogP contribution is 2.21. The predicted molar refractivity (Wildman–Crippen MR) is 111 cm³/mol. The Morgan fingerprint density at radius 1 is 1.35 bits per heavy atom. The first-order valence-electron chi connectivity index (χ1n) is 9.59. The normalized spacial score (nSPS) is 17.9. The molecule has 1 N–H and O–H groups in total. The molecule has 1 unspecified atom stereocenters. The van der Waals surface area contributed by atoms with E-state index in [1.165, 1.54) is 22.7 Å². The third-order valence-corrected chi connectivity index (χ3v) is 6.09. The van der Waals surface area contributed by atoms with Crippen molar-refractivity contribution in [3.63, 3.8) is 0 Å². The minimum Gasteiger partial charge on any atom is -0.356 e. The smallest absolute Gasteiger partial charge is 0.193 e. The van der Waals surface area contributed by atoms with Gasteiger partial charge in [0, 0.05) is 44.4 Å². The summed E-state index contributed by atoms with van der Waals surface area (Å²) in [4.78, 5) is 11.6. The minimum absolute atomic E-state index is 0.514. The van der Waals surface area contributed by atoms with Gasteiger partial charge in [0.15, 0.2) is 5.96 Å². The van der Waals surface area contributed by atoms with Gasteiger partial charge in [-0.05, 0) is 24.3 Å². The van der Waals surface area contributed by atoms with E-state index in [0.717, 1.165) is 38.4 Å². The summed E-state index contributed by atoms with van der Waals surface area (Å²) in [5, 5.41) is 6.94. The quantitative estimate of drug-likeness (QED) is 0.618. The summed E-state index contributed by atoms with van der Waals surface area (Å²) < 4.78 is 0. The summed E-state index contributed by atoms with van der Waals surface area (Å²) in [6, 6.07) is 10.8. The summed E-state index contributed by atoms with van der Waals surface area (Å²) in [6.45, 7) is 7.45. The molecule has 0 saturated carbocycles. The zero-order valence-corrected chi connectivity index (χ0v) is 16.9. The van der Waals surface area contributed by atoms with Crippen molar-refractivity contribution in [3.05, 3.63) is 52.0 Å². The molecule has 0 radical (unpaired) electrons. The second-order valence-electron chi connectivity index (χ2n) is 7.35. The zero-order valence-electron chi connectivity index (χ0n) is 16.1. The van der Waals surface area contributed by atoms with Gasteiger partial charge in [-0.3, -0.25) is 4.99 Å². The molecule has 0 amide bonds. The molecule has 1 fully saturated rings. The van der Waals surface area contributed by atoms with E-state index in [2.05, 4.69) is 64.8 Å². The van der Waals surface area contributed by atoms with E-state index in [-0.39, 0.29) is 0 Å². The topological polar surface area (TPSA) is 40.5 Å². The maximum absolute atomic E-state index is 4.71. The zero-order chi connectivity index (χ0) is 18.4. The number of nitrogens with one attached hydrogen (secondary N) is 1. The minimum atomic E-state index is 0.514. The average Bonchev–Trinajstić information content (AvgIpc) is 3.29. The Kier molecular flexibility index (Phi) is 6.67. The standard InChI is InChI=1S/C21H30N4S/c1-16(2)20-24-19(15-26-20)9-11-23-21(22-3)25-12-10-18(14-25)13-17-7-5-4-6-8-17/h4-8,15-16,18H,9-14H2,1-3H3,(H,22,23). The maximum atomic E-state index is 4.71. The molecule has 3 rings (SSSR count). The largest absolute Gasteiger partial charge is 0.356 e. The van der Waals surface area contributed by atoms with Crippen LogP contribution >= 0.6 is 11.3 Å². The van der Waals surface area contributed by atoms with E-state index < -0.39 is 0 Å². The van der Waals surface area contributed by atoms with Gasteiger partial charge in [0.05, 0.1) is 10.7 Å². The van der Waals surface area contributed by atoms with Crippen LogP contribution in [0.3, 0.4) is 0 Å². The fraction of sp³-hybridized carbons (Fsp3) is 0.524. The second-order valence-corrected chi connectivity index (χ2v) is 8.24. The molecular weight excluding hydrogens is 340 g/mol. The Bertz CT molecular complexity index is 708. The SMILES string of the molecule is CN=C(NCCc1csc(C(C)C)n1)N1CCC(Cc2ccccc2)C1. The molecule has 0 spiro atoms. The van der Waals surface area contributed by atoms with Crippen LogP contribution in [0.4, 0.5) is 0 Å². The lowest BCUT2D eigenvalue weighted by atomic mass is 9.99. The summed E-state index contributed by atoms with van der Waals surface area (Å²) >= 11 is 1.77. The first-order chi connectivity index (χ1) is 12.7. The summed E-state index contributed by atoms with van der Waals surface area (Å²) in [5.74, 6) is 2.25. The Morgan fingerprint density at radius 2 is 2.15 bits per heavy atom. The number of rotatable bonds is 6. The average molecular weight is 371 g/mol. The van der Waals surface area contributed by atoms with Crippen molar-refractivity contribution in [2.45, 2.75) is 39.0 Å². The van der Waals surface area contributed by atoms with Crippen LogP contribution in [-0.4, -0.2) is 42.5 Å². The van der Waals surface area contributed by atoms with Gasteiger partial charge in [-0.2, -0.15) is 0 Å². The molecule has 1 aromatic carbocycles. The van der Waals surface area contributed by atoms with Crippen LogP contribution in [0.15, 0.2) is 40.7 Å². The molecule has 5 heteroatoms. The van der Waals surface area contributed by atoms with Crippen molar-refractivity contribution in [1.82, 2.24) is 15.2 Å². The summed E-state index contributed by atoms with van der Waals surface area (Å²) in [5.41, 5.74) is 2.62. The number of benzene rings is 1. The number of thiazole rings is 1. The number of aromatic nitrogens is 1. The highest BCUT2D eigenvalue weighted by atomic mass is 32.1. The van der Waals surface area contributed by atoms with Crippen molar-refractivity contribution in [2.24, 2.45) is 10.9 Å². The molecule has 1 saturated heterocycles. The first kappa shape index (κ1) is 18.9. The van der Waals surface area contributed by atoms with Crippen molar-refractivity contribution in [2.75, 3.05) is 26.7 Å². The van der Waals surface area contributed by atoms with Crippen LogP contribution < -0.4 is 5.32 Å². The Balaban J connectivity index is 1.45. The molecule has 1 aliphatic rings.